The molecule has 0 saturated carbocycles. The van der Waals surface area contributed by atoms with Crippen molar-refractivity contribution in [2.75, 3.05) is 52.7 Å². The van der Waals surface area contributed by atoms with Gasteiger partial charge < -0.3 is 24.3 Å². The fraction of sp³-hybridized carbons (Fsp3) is 0.947. The van der Waals surface area contributed by atoms with E-state index in [2.05, 4.69) is 12.2 Å². The van der Waals surface area contributed by atoms with Gasteiger partial charge in [-0.2, -0.15) is 0 Å². The van der Waals surface area contributed by atoms with Crippen molar-refractivity contribution >= 4 is 5.97 Å². The number of carbonyl (C=O) groups excluding carboxylic acids is 1. The average Bonchev–Trinajstić information content (AvgIpc) is 2.64. The molecule has 1 fully saturated rings. The maximum Gasteiger partial charge on any atom is 0.308 e. The third-order valence-corrected chi connectivity index (χ3v) is 4.44. The zero-order valence-electron chi connectivity index (χ0n) is 16.1. The molecule has 0 spiro atoms. The lowest BCUT2D eigenvalue weighted by atomic mass is 10.00. The zero-order valence-corrected chi connectivity index (χ0v) is 16.1. The van der Waals surface area contributed by atoms with E-state index in [9.17, 15) is 4.79 Å². The Morgan fingerprint density at radius 3 is 2.28 bits per heavy atom. The highest BCUT2D eigenvalue weighted by Crippen LogP contribution is 2.14. The standard InChI is InChI=1S/C19H37NO5/c1-3-5-6-17(4-2)19(21)25-16-14-23-12-11-22-13-15-24-18-7-9-20-10-8-18/h17-18,20H,3-16H2,1-2H3. The third kappa shape index (κ3) is 11.5. The maximum atomic E-state index is 11.9. The molecule has 0 bridgehead atoms. The van der Waals surface area contributed by atoms with Crippen molar-refractivity contribution in [3.05, 3.63) is 0 Å². The van der Waals surface area contributed by atoms with Crippen LogP contribution < -0.4 is 5.32 Å². The lowest BCUT2D eigenvalue weighted by Crippen LogP contribution is -2.33. The van der Waals surface area contributed by atoms with E-state index >= 15 is 0 Å². The van der Waals surface area contributed by atoms with E-state index in [0.717, 1.165) is 51.6 Å². The monoisotopic (exact) mass is 359 g/mol. The van der Waals surface area contributed by atoms with Crippen LogP contribution in [0, 0.1) is 5.92 Å². The summed E-state index contributed by atoms with van der Waals surface area (Å²) in [6.45, 7) is 9.28. The van der Waals surface area contributed by atoms with Gasteiger partial charge in [-0.15, -0.1) is 0 Å². The van der Waals surface area contributed by atoms with Gasteiger partial charge in [0.15, 0.2) is 0 Å². The van der Waals surface area contributed by atoms with E-state index in [1.54, 1.807) is 0 Å². The van der Waals surface area contributed by atoms with E-state index in [1.807, 2.05) is 6.92 Å². The molecule has 25 heavy (non-hydrogen) atoms. The number of hydrogen-bond acceptors (Lipinski definition) is 6. The van der Waals surface area contributed by atoms with Crippen molar-refractivity contribution in [2.24, 2.45) is 5.92 Å². The molecule has 0 radical (unpaired) electrons. The largest absolute Gasteiger partial charge is 0.463 e. The fourth-order valence-electron chi connectivity index (χ4n) is 2.82. The molecule has 1 saturated heterocycles. The summed E-state index contributed by atoms with van der Waals surface area (Å²) in [4.78, 5) is 11.9. The Labute approximate surface area is 152 Å². The Morgan fingerprint density at radius 2 is 1.64 bits per heavy atom. The predicted molar refractivity (Wildman–Crippen MR) is 97.7 cm³/mol. The second-order valence-electron chi connectivity index (χ2n) is 6.46. The van der Waals surface area contributed by atoms with Crippen molar-refractivity contribution < 1.29 is 23.7 Å². The van der Waals surface area contributed by atoms with Crippen molar-refractivity contribution in [2.45, 2.75) is 58.5 Å². The van der Waals surface area contributed by atoms with Crippen LogP contribution in [-0.4, -0.2) is 64.8 Å². The van der Waals surface area contributed by atoms with Gasteiger partial charge in [-0.25, -0.2) is 0 Å². The molecule has 0 aliphatic carbocycles. The van der Waals surface area contributed by atoms with Gasteiger partial charge in [0.2, 0.25) is 0 Å². The molecule has 1 N–H and O–H groups in total. The highest BCUT2D eigenvalue weighted by molar-refractivity contribution is 5.72. The number of rotatable bonds is 15. The number of unbranched alkanes of at least 4 members (excludes halogenated alkanes) is 1. The van der Waals surface area contributed by atoms with Gasteiger partial charge in [-0.05, 0) is 38.8 Å². The SMILES string of the molecule is CCCCC(CC)C(=O)OCCOCCOCCOC1CCNCC1. The van der Waals surface area contributed by atoms with Gasteiger partial charge >= 0.3 is 5.97 Å². The maximum absolute atomic E-state index is 11.9. The van der Waals surface area contributed by atoms with Gasteiger partial charge in [0.1, 0.15) is 6.61 Å². The van der Waals surface area contributed by atoms with Crippen LogP contribution in [0.2, 0.25) is 0 Å². The van der Waals surface area contributed by atoms with Crippen molar-refractivity contribution in [3.63, 3.8) is 0 Å². The summed E-state index contributed by atoms with van der Waals surface area (Å²) in [5.41, 5.74) is 0. The smallest absolute Gasteiger partial charge is 0.308 e. The topological polar surface area (TPSA) is 66.0 Å². The number of piperidine rings is 1. The van der Waals surface area contributed by atoms with Crippen LogP contribution in [0.4, 0.5) is 0 Å². The van der Waals surface area contributed by atoms with Gasteiger partial charge in [0.25, 0.3) is 0 Å². The quantitative estimate of drug-likeness (QED) is 0.358. The molecule has 1 aliphatic heterocycles. The van der Waals surface area contributed by atoms with E-state index in [0.29, 0.717) is 45.7 Å². The minimum Gasteiger partial charge on any atom is -0.463 e. The first-order valence-electron chi connectivity index (χ1n) is 9.92. The summed E-state index contributed by atoms with van der Waals surface area (Å²) >= 11 is 0. The summed E-state index contributed by atoms with van der Waals surface area (Å²) < 4.78 is 21.9. The van der Waals surface area contributed by atoms with E-state index in [-0.39, 0.29) is 11.9 Å². The Balaban J connectivity index is 1.85. The van der Waals surface area contributed by atoms with Crippen LogP contribution in [0.15, 0.2) is 0 Å². The molecule has 6 nitrogen and oxygen atoms in total. The Bertz CT molecular complexity index is 321. The molecular formula is C19H37NO5. The highest BCUT2D eigenvalue weighted by atomic mass is 16.6. The first-order chi connectivity index (χ1) is 12.3. The summed E-state index contributed by atoms with van der Waals surface area (Å²) in [5.74, 6) is -0.0610. The normalized spacial score (nSPS) is 16.7. The number of carbonyl (C=O) groups is 1. The van der Waals surface area contributed by atoms with Crippen molar-refractivity contribution in [1.82, 2.24) is 5.32 Å². The number of hydrogen-bond donors (Lipinski definition) is 1. The van der Waals surface area contributed by atoms with Gasteiger partial charge in [0, 0.05) is 0 Å². The fourth-order valence-corrected chi connectivity index (χ4v) is 2.82. The average molecular weight is 360 g/mol. The summed E-state index contributed by atoms with van der Waals surface area (Å²) in [6.07, 6.45) is 6.48. The minimum absolute atomic E-state index is 0.0308. The van der Waals surface area contributed by atoms with Crippen LogP contribution in [0.25, 0.3) is 0 Å². The summed E-state index contributed by atoms with van der Waals surface area (Å²) in [7, 11) is 0. The molecular weight excluding hydrogens is 322 g/mol. The molecule has 1 rings (SSSR count). The molecule has 6 heteroatoms. The second kappa shape index (κ2) is 15.6. The first-order valence-corrected chi connectivity index (χ1v) is 9.92. The molecule has 0 aromatic carbocycles. The van der Waals surface area contributed by atoms with Crippen LogP contribution in [-0.2, 0) is 23.7 Å². The Kier molecular flexibility index (Phi) is 13.9. The molecule has 0 aromatic rings. The Morgan fingerprint density at radius 1 is 1.00 bits per heavy atom. The first kappa shape index (κ1) is 22.4. The predicted octanol–water partition coefficient (Wildman–Crippen LogP) is 2.55. The van der Waals surface area contributed by atoms with Crippen LogP contribution in [0.3, 0.4) is 0 Å². The minimum atomic E-state index is -0.0918. The van der Waals surface area contributed by atoms with Crippen LogP contribution in [0.5, 0.6) is 0 Å². The van der Waals surface area contributed by atoms with E-state index in [1.165, 1.54) is 0 Å². The van der Waals surface area contributed by atoms with Crippen molar-refractivity contribution in [3.8, 4) is 0 Å². The lowest BCUT2D eigenvalue weighted by Gasteiger charge is -2.22. The van der Waals surface area contributed by atoms with Gasteiger partial charge in [-0.1, -0.05) is 26.7 Å². The summed E-state index contributed by atoms with van der Waals surface area (Å²) in [5, 5.41) is 3.32. The second-order valence-corrected chi connectivity index (χ2v) is 6.46. The highest BCUT2D eigenvalue weighted by Gasteiger charge is 2.17. The van der Waals surface area contributed by atoms with Gasteiger partial charge in [-0.3, -0.25) is 4.79 Å². The molecule has 1 atom stereocenters. The van der Waals surface area contributed by atoms with Gasteiger partial charge in [0.05, 0.1) is 45.1 Å². The Hall–Kier alpha value is -0.690. The zero-order chi connectivity index (χ0) is 18.2. The van der Waals surface area contributed by atoms with E-state index in [4.69, 9.17) is 18.9 Å². The molecule has 0 amide bonds. The molecule has 1 heterocycles. The number of nitrogens with one attached hydrogen (secondary N) is 1. The number of ether oxygens (including phenoxy) is 4. The number of esters is 1. The van der Waals surface area contributed by atoms with E-state index < -0.39 is 0 Å². The molecule has 0 aromatic heterocycles. The molecule has 1 unspecified atom stereocenters. The molecule has 148 valence electrons. The summed E-state index contributed by atoms with van der Waals surface area (Å²) in [6, 6.07) is 0. The third-order valence-electron chi connectivity index (χ3n) is 4.44. The lowest BCUT2D eigenvalue weighted by molar-refractivity contribution is -0.150. The van der Waals surface area contributed by atoms with Crippen LogP contribution >= 0.6 is 0 Å². The van der Waals surface area contributed by atoms with Crippen LogP contribution in [0.1, 0.15) is 52.4 Å². The van der Waals surface area contributed by atoms with Crippen molar-refractivity contribution in [1.29, 1.82) is 0 Å². The molecule has 1 aliphatic rings.